The van der Waals surface area contributed by atoms with Crippen LogP contribution in [-0.2, 0) is 6.42 Å². The van der Waals surface area contributed by atoms with Crippen LogP contribution in [0.1, 0.15) is 40.8 Å². The zero-order valence-corrected chi connectivity index (χ0v) is 17.2. The lowest BCUT2D eigenvalue weighted by atomic mass is 10.1. The van der Waals surface area contributed by atoms with Crippen molar-refractivity contribution >= 4 is 22.7 Å². The number of H-pyrrole nitrogens is 1. The van der Waals surface area contributed by atoms with Crippen molar-refractivity contribution in [3.8, 4) is 11.8 Å². The first-order valence-electron chi connectivity index (χ1n) is 9.87. The molecule has 144 valence electrons. The van der Waals surface area contributed by atoms with Gasteiger partial charge in [0.05, 0.1) is 16.6 Å². The fourth-order valence-corrected chi connectivity index (χ4v) is 3.77. The number of aromatic amines is 1. The van der Waals surface area contributed by atoms with Gasteiger partial charge >= 0.3 is 0 Å². The average Bonchev–Trinajstić information content (AvgIpc) is 3.26. The molecule has 0 spiro atoms. The van der Waals surface area contributed by atoms with Gasteiger partial charge in [0.15, 0.2) is 0 Å². The van der Waals surface area contributed by atoms with E-state index in [2.05, 4.69) is 71.7 Å². The van der Waals surface area contributed by atoms with E-state index >= 15 is 0 Å². The Morgan fingerprint density at radius 2 is 1.86 bits per heavy atom. The normalized spacial score (nSPS) is 11.8. The molecule has 0 saturated carbocycles. The van der Waals surface area contributed by atoms with Gasteiger partial charge in [-0.1, -0.05) is 25.1 Å². The van der Waals surface area contributed by atoms with E-state index in [1.165, 1.54) is 5.56 Å². The van der Waals surface area contributed by atoms with Crippen molar-refractivity contribution in [2.75, 3.05) is 0 Å². The van der Waals surface area contributed by atoms with Crippen LogP contribution in [0.3, 0.4) is 0 Å². The van der Waals surface area contributed by atoms with Gasteiger partial charge in [0.2, 0.25) is 0 Å². The van der Waals surface area contributed by atoms with E-state index < -0.39 is 0 Å². The predicted octanol–water partition coefficient (Wildman–Crippen LogP) is 5.91. The number of fused-ring (bicyclic) bond motifs is 1. The highest BCUT2D eigenvalue weighted by Crippen LogP contribution is 2.26. The van der Waals surface area contributed by atoms with Crippen LogP contribution in [0.25, 0.3) is 28.4 Å². The molecule has 0 radical (unpaired) electrons. The third-order valence-electron chi connectivity index (χ3n) is 5.39. The lowest BCUT2D eigenvalue weighted by Crippen LogP contribution is -1.99. The molecule has 0 saturated heterocycles. The summed E-state index contributed by atoms with van der Waals surface area (Å²) in [6.07, 6.45) is 2.95. The number of nitrogens with zero attached hydrogens (tertiary/aromatic N) is 3. The second kappa shape index (κ2) is 7.44. The van der Waals surface area contributed by atoms with E-state index in [-0.39, 0.29) is 0 Å². The highest BCUT2D eigenvalue weighted by Gasteiger charge is 2.13. The lowest BCUT2D eigenvalue weighted by Gasteiger charge is -2.10. The molecule has 0 aliphatic carbocycles. The number of hydrogen-bond donors (Lipinski definition) is 1. The van der Waals surface area contributed by atoms with Crippen LogP contribution in [0, 0.1) is 32.1 Å². The molecule has 4 aromatic rings. The number of aromatic nitrogens is 3. The summed E-state index contributed by atoms with van der Waals surface area (Å²) < 4.78 is 2.22. The lowest BCUT2D eigenvalue weighted by molar-refractivity contribution is 0.961. The van der Waals surface area contributed by atoms with Crippen molar-refractivity contribution < 1.29 is 0 Å². The third-order valence-corrected chi connectivity index (χ3v) is 5.39. The molecule has 0 amide bonds. The second-order valence-corrected chi connectivity index (χ2v) is 7.46. The maximum atomic E-state index is 9.78. The topological polar surface area (TPSA) is 57.4 Å². The molecule has 0 aliphatic rings. The second-order valence-electron chi connectivity index (χ2n) is 7.46. The number of benzene rings is 2. The van der Waals surface area contributed by atoms with Crippen molar-refractivity contribution in [3.05, 3.63) is 82.4 Å². The van der Waals surface area contributed by atoms with Crippen LogP contribution in [0.5, 0.6) is 0 Å². The Morgan fingerprint density at radius 1 is 1.10 bits per heavy atom. The van der Waals surface area contributed by atoms with Crippen molar-refractivity contribution in [2.24, 2.45) is 0 Å². The Labute approximate surface area is 171 Å². The Balaban J connectivity index is 1.76. The summed E-state index contributed by atoms with van der Waals surface area (Å²) in [5, 5.41) is 9.78. The van der Waals surface area contributed by atoms with E-state index in [4.69, 9.17) is 0 Å². The Kier molecular flexibility index (Phi) is 4.82. The summed E-state index contributed by atoms with van der Waals surface area (Å²) in [6, 6.07) is 19.1. The van der Waals surface area contributed by atoms with Gasteiger partial charge in [-0.25, -0.2) is 4.98 Å². The molecular weight excluding hydrogens is 356 g/mol. The van der Waals surface area contributed by atoms with Crippen LogP contribution in [-0.4, -0.2) is 14.5 Å². The molecule has 4 rings (SSSR count). The fraction of sp³-hybridized carbons (Fsp3) is 0.200. The summed E-state index contributed by atoms with van der Waals surface area (Å²) in [7, 11) is 0. The summed E-state index contributed by atoms with van der Waals surface area (Å²) in [6.45, 7) is 8.38. The molecule has 4 nitrogen and oxygen atoms in total. The molecule has 0 bridgehead atoms. The Morgan fingerprint density at radius 3 is 2.55 bits per heavy atom. The molecule has 2 aromatic carbocycles. The monoisotopic (exact) mass is 380 g/mol. The Hall–Kier alpha value is -3.58. The SMILES string of the molecule is CCc1ccc(-n2c(C)cc(/C=C(/C#N)c3nc4ccc(C)cc4[nH]3)c2C)cc1. The molecule has 4 heteroatoms. The van der Waals surface area contributed by atoms with Crippen LogP contribution in [0.15, 0.2) is 48.5 Å². The fourth-order valence-electron chi connectivity index (χ4n) is 3.77. The van der Waals surface area contributed by atoms with Crippen LogP contribution in [0.4, 0.5) is 0 Å². The van der Waals surface area contributed by atoms with E-state index in [1.807, 2.05) is 31.2 Å². The van der Waals surface area contributed by atoms with E-state index in [1.54, 1.807) is 0 Å². The summed E-state index contributed by atoms with van der Waals surface area (Å²) in [4.78, 5) is 7.89. The first kappa shape index (κ1) is 18.8. The van der Waals surface area contributed by atoms with Gasteiger partial charge in [0.1, 0.15) is 11.9 Å². The molecular formula is C25H24N4. The third kappa shape index (κ3) is 3.48. The van der Waals surface area contributed by atoms with Gasteiger partial charge in [-0.2, -0.15) is 5.26 Å². The smallest absolute Gasteiger partial charge is 0.149 e. The standard InChI is InChI=1S/C25H24N4/c1-5-19-7-9-22(10-8-19)29-17(3)13-20(18(29)4)14-21(15-26)25-27-23-11-6-16(2)12-24(23)28-25/h6-14H,5H2,1-4H3,(H,27,28)/b21-14-. The van der Waals surface area contributed by atoms with E-state index in [9.17, 15) is 5.26 Å². The van der Waals surface area contributed by atoms with Crippen LogP contribution in [0.2, 0.25) is 0 Å². The maximum Gasteiger partial charge on any atom is 0.149 e. The minimum atomic E-state index is 0.528. The molecule has 29 heavy (non-hydrogen) atoms. The first-order chi connectivity index (χ1) is 14.0. The van der Waals surface area contributed by atoms with Crippen LogP contribution < -0.4 is 0 Å². The molecule has 0 fully saturated rings. The first-order valence-corrected chi connectivity index (χ1v) is 9.87. The number of nitriles is 1. The number of imidazole rings is 1. The van der Waals surface area contributed by atoms with Gasteiger partial charge < -0.3 is 9.55 Å². The maximum absolute atomic E-state index is 9.78. The van der Waals surface area contributed by atoms with Gasteiger partial charge in [0.25, 0.3) is 0 Å². The minimum absolute atomic E-state index is 0.528. The zero-order valence-electron chi connectivity index (χ0n) is 17.2. The van der Waals surface area contributed by atoms with Gasteiger partial charge in [-0.15, -0.1) is 0 Å². The minimum Gasteiger partial charge on any atom is -0.337 e. The van der Waals surface area contributed by atoms with Gasteiger partial charge in [0, 0.05) is 17.1 Å². The highest BCUT2D eigenvalue weighted by molar-refractivity contribution is 5.91. The molecule has 2 heterocycles. The van der Waals surface area contributed by atoms with Crippen molar-refractivity contribution in [1.82, 2.24) is 14.5 Å². The van der Waals surface area contributed by atoms with Gasteiger partial charge in [-0.3, -0.25) is 0 Å². The summed E-state index contributed by atoms with van der Waals surface area (Å²) in [5.41, 5.74) is 9.22. The molecule has 0 unspecified atom stereocenters. The zero-order chi connectivity index (χ0) is 20.5. The predicted molar refractivity (Wildman–Crippen MR) is 119 cm³/mol. The molecule has 0 aliphatic heterocycles. The summed E-state index contributed by atoms with van der Waals surface area (Å²) in [5.74, 6) is 0.602. The van der Waals surface area contributed by atoms with Crippen molar-refractivity contribution in [2.45, 2.75) is 34.1 Å². The number of rotatable bonds is 4. The summed E-state index contributed by atoms with van der Waals surface area (Å²) >= 11 is 0. The molecule has 2 aromatic heterocycles. The highest BCUT2D eigenvalue weighted by atomic mass is 15.0. The van der Waals surface area contributed by atoms with Crippen molar-refractivity contribution in [1.29, 1.82) is 5.26 Å². The number of hydrogen-bond acceptors (Lipinski definition) is 2. The van der Waals surface area contributed by atoms with E-state index in [0.717, 1.165) is 45.7 Å². The number of allylic oxidation sites excluding steroid dienone is 1. The van der Waals surface area contributed by atoms with Crippen molar-refractivity contribution in [3.63, 3.8) is 0 Å². The van der Waals surface area contributed by atoms with E-state index in [0.29, 0.717) is 11.4 Å². The van der Waals surface area contributed by atoms with Gasteiger partial charge in [-0.05, 0) is 80.3 Å². The van der Waals surface area contributed by atoms with Crippen LogP contribution >= 0.6 is 0 Å². The number of nitrogens with one attached hydrogen (secondary N) is 1. The molecule has 1 N–H and O–H groups in total. The molecule has 0 atom stereocenters. The largest absolute Gasteiger partial charge is 0.337 e. The Bertz CT molecular complexity index is 1260. The number of aryl methyl sites for hydroxylation is 3. The average molecular weight is 380 g/mol. The quantitative estimate of drug-likeness (QED) is 0.448.